The van der Waals surface area contributed by atoms with Crippen LogP contribution in [0.25, 0.3) is 0 Å². The summed E-state index contributed by atoms with van der Waals surface area (Å²) >= 11 is 0. The van der Waals surface area contributed by atoms with Crippen LogP contribution in [-0.2, 0) is 14.3 Å². The first-order chi connectivity index (χ1) is 7.68. The summed E-state index contributed by atoms with van der Waals surface area (Å²) in [6.07, 6.45) is 4.26. The van der Waals surface area contributed by atoms with Crippen molar-refractivity contribution in [2.45, 2.75) is 44.2 Å². The third kappa shape index (κ3) is 2.35. The lowest BCUT2D eigenvalue weighted by Crippen LogP contribution is -2.54. The molecule has 2 rings (SSSR count). The molecule has 1 aliphatic carbocycles. The number of aliphatic carboxylic acids is 1. The molecule has 1 aliphatic heterocycles. The van der Waals surface area contributed by atoms with Crippen molar-refractivity contribution in [3.8, 4) is 0 Å². The Hall–Kier alpha value is -1.10. The predicted octanol–water partition coefficient (Wildman–Crippen LogP) is 0.631. The normalized spacial score (nSPS) is 27.4. The van der Waals surface area contributed by atoms with Gasteiger partial charge in [0.2, 0.25) is 5.91 Å². The first-order valence-corrected chi connectivity index (χ1v) is 5.79. The molecule has 5 nitrogen and oxygen atoms in total. The molecule has 90 valence electrons. The topological polar surface area (TPSA) is 66.8 Å². The average Bonchev–Trinajstić information content (AvgIpc) is 2.69. The second-order valence-electron chi connectivity index (χ2n) is 4.51. The minimum Gasteiger partial charge on any atom is -0.481 e. The lowest BCUT2D eigenvalue weighted by molar-refractivity contribution is -0.155. The van der Waals surface area contributed by atoms with E-state index in [1.165, 1.54) is 0 Å². The van der Waals surface area contributed by atoms with Crippen molar-refractivity contribution in [3.63, 3.8) is 0 Å². The van der Waals surface area contributed by atoms with E-state index in [4.69, 9.17) is 9.84 Å². The first kappa shape index (κ1) is 11.4. The monoisotopic (exact) mass is 227 g/mol. The molecule has 1 N–H and O–H groups in total. The van der Waals surface area contributed by atoms with Crippen LogP contribution in [0.1, 0.15) is 32.1 Å². The molecule has 0 aromatic rings. The maximum Gasteiger partial charge on any atom is 0.305 e. The zero-order valence-electron chi connectivity index (χ0n) is 9.22. The summed E-state index contributed by atoms with van der Waals surface area (Å²) in [6, 6.07) is -0.0393. The van der Waals surface area contributed by atoms with E-state index < -0.39 is 5.97 Å². The van der Waals surface area contributed by atoms with Gasteiger partial charge in [-0.3, -0.25) is 9.59 Å². The Morgan fingerprint density at radius 3 is 2.75 bits per heavy atom. The van der Waals surface area contributed by atoms with Crippen molar-refractivity contribution in [1.29, 1.82) is 0 Å². The van der Waals surface area contributed by atoms with Gasteiger partial charge in [0, 0.05) is 6.04 Å². The Morgan fingerprint density at radius 2 is 2.12 bits per heavy atom. The van der Waals surface area contributed by atoms with Crippen LogP contribution in [0.5, 0.6) is 0 Å². The van der Waals surface area contributed by atoms with Gasteiger partial charge in [0.05, 0.1) is 19.1 Å². The molecule has 0 bridgehead atoms. The minimum atomic E-state index is -0.869. The smallest absolute Gasteiger partial charge is 0.305 e. The molecule has 1 unspecified atom stereocenters. The number of hydrogen-bond acceptors (Lipinski definition) is 3. The van der Waals surface area contributed by atoms with Gasteiger partial charge in [-0.05, 0) is 12.8 Å². The van der Waals surface area contributed by atoms with E-state index in [1.807, 2.05) is 0 Å². The second-order valence-corrected chi connectivity index (χ2v) is 4.51. The summed E-state index contributed by atoms with van der Waals surface area (Å²) in [5.41, 5.74) is 0. The Balaban J connectivity index is 2.07. The van der Waals surface area contributed by atoms with Crippen molar-refractivity contribution in [1.82, 2.24) is 4.90 Å². The number of ether oxygens (including phenoxy) is 1. The van der Waals surface area contributed by atoms with Crippen LogP contribution in [0, 0.1) is 0 Å². The van der Waals surface area contributed by atoms with Crippen LogP contribution in [0.15, 0.2) is 0 Å². The van der Waals surface area contributed by atoms with Gasteiger partial charge in [-0.25, -0.2) is 0 Å². The molecule has 1 amide bonds. The highest BCUT2D eigenvalue weighted by Gasteiger charge is 2.36. The zero-order valence-corrected chi connectivity index (χ0v) is 9.22. The number of hydrogen-bond donors (Lipinski definition) is 1. The van der Waals surface area contributed by atoms with Gasteiger partial charge >= 0.3 is 5.97 Å². The predicted molar refractivity (Wildman–Crippen MR) is 56.0 cm³/mol. The molecule has 2 aliphatic rings. The van der Waals surface area contributed by atoms with Gasteiger partial charge in [-0.15, -0.1) is 0 Å². The number of carbonyl (C=O) groups is 2. The molecule has 1 atom stereocenters. The third-order valence-corrected chi connectivity index (χ3v) is 3.35. The molecule has 0 radical (unpaired) electrons. The Labute approximate surface area is 94.4 Å². The number of carbonyl (C=O) groups excluding carboxylic acids is 1. The van der Waals surface area contributed by atoms with Crippen LogP contribution >= 0.6 is 0 Å². The molecule has 0 aromatic carbocycles. The highest BCUT2D eigenvalue weighted by atomic mass is 16.5. The summed E-state index contributed by atoms with van der Waals surface area (Å²) < 4.78 is 5.13. The Bertz CT molecular complexity index is 286. The van der Waals surface area contributed by atoms with Crippen LogP contribution in [-0.4, -0.2) is 47.2 Å². The third-order valence-electron chi connectivity index (χ3n) is 3.35. The molecular formula is C11H17NO4. The molecule has 1 saturated carbocycles. The van der Waals surface area contributed by atoms with E-state index in [-0.39, 0.29) is 31.0 Å². The molecule has 5 heteroatoms. The summed E-state index contributed by atoms with van der Waals surface area (Å²) in [7, 11) is 0. The highest BCUT2D eigenvalue weighted by Crippen LogP contribution is 2.27. The van der Waals surface area contributed by atoms with Gasteiger partial charge in [0.15, 0.2) is 0 Å². The molecule has 2 fully saturated rings. The van der Waals surface area contributed by atoms with Gasteiger partial charge in [0.1, 0.15) is 6.61 Å². The zero-order chi connectivity index (χ0) is 11.5. The van der Waals surface area contributed by atoms with Gasteiger partial charge in [-0.1, -0.05) is 12.8 Å². The maximum absolute atomic E-state index is 11.8. The van der Waals surface area contributed by atoms with E-state index in [0.717, 1.165) is 25.7 Å². The number of morpholine rings is 1. The lowest BCUT2D eigenvalue weighted by atomic mass is 10.1. The van der Waals surface area contributed by atoms with E-state index >= 15 is 0 Å². The minimum absolute atomic E-state index is 0.0117. The average molecular weight is 227 g/mol. The van der Waals surface area contributed by atoms with Gasteiger partial charge < -0.3 is 14.7 Å². The number of amides is 1. The van der Waals surface area contributed by atoms with Gasteiger partial charge in [0.25, 0.3) is 0 Å². The van der Waals surface area contributed by atoms with Crippen molar-refractivity contribution in [2.24, 2.45) is 0 Å². The molecule has 0 aromatic heterocycles. The van der Waals surface area contributed by atoms with Crippen molar-refractivity contribution < 1.29 is 19.4 Å². The Morgan fingerprint density at radius 1 is 1.44 bits per heavy atom. The van der Waals surface area contributed by atoms with Gasteiger partial charge in [-0.2, -0.15) is 0 Å². The molecular weight excluding hydrogens is 210 g/mol. The molecule has 1 saturated heterocycles. The van der Waals surface area contributed by atoms with E-state index in [1.54, 1.807) is 4.90 Å². The quantitative estimate of drug-likeness (QED) is 0.768. The van der Waals surface area contributed by atoms with Crippen LogP contribution < -0.4 is 0 Å². The highest BCUT2D eigenvalue weighted by molar-refractivity contribution is 5.80. The van der Waals surface area contributed by atoms with Crippen molar-refractivity contribution in [2.75, 3.05) is 13.2 Å². The standard InChI is InChI=1S/C11H17NO4/c13-10-7-16-6-9(5-11(14)15)12(10)8-3-1-2-4-8/h8-9H,1-7H2,(H,14,15). The Kier molecular flexibility index (Phi) is 3.43. The summed E-state index contributed by atoms with van der Waals surface area (Å²) in [5, 5.41) is 8.82. The summed E-state index contributed by atoms with van der Waals surface area (Å²) in [6.45, 7) is 0.459. The van der Waals surface area contributed by atoms with E-state index in [0.29, 0.717) is 6.61 Å². The van der Waals surface area contributed by atoms with Crippen molar-refractivity contribution >= 4 is 11.9 Å². The van der Waals surface area contributed by atoms with Crippen molar-refractivity contribution in [3.05, 3.63) is 0 Å². The maximum atomic E-state index is 11.8. The van der Waals surface area contributed by atoms with Crippen LogP contribution in [0.4, 0.5) is 0 Å². The first-order valence-electron chi connectivity index (χ1n) is 5.79. The largest absolute Gasteiger partial charge is 0.481 e. The molecule has 1 heterocycles. The second kappa shape index (κ2) is 4.82. The van der Waals surface area contributed by atoms with Crippen LogP contribution in [0.2, 0.25) is 0 Å². The number of carboxylic acids is 1. The fourth-order valence-electron chi connectivity index (χ4n) is 2.68. The summed E-state index contributed by atoms with van der Waals surface area (Å²) in [5.74, 6) is -0.921. The molecule has 0 spiro atoms. The number of nitrogens with zero attached hydrogens (tertiary/aromatic N) is 1. The number of carboxylic acid groups (broad SMARTS) is 1. The van der Waals surface area contributed by atoms with E-state index in [2.05, 4.69) is 0 Å². The number of rotatable bonds is 3. The van der Waals surface area contributed by atoms with Crippen LogP contribution in [0.3, 0.4) is 0 Å². The fraction of sp³-hybridized carbons (Fsp3) is 0.818. The summed E-state index contributed by atoms with van der Waals surface area (Å²) in [4.78, 5) is 24.3. The lowest BCUT2D eigenvalue weighted by Gasteiger charge is -2.39. The van der Waals surface area contributed by atoms with E-state index in [9.17, 15) is 9.59 Å². The fourth-order valence-corrected chi connectivity index (χ4v) is 2.68. The molecule has 16 heavy (non-hydrogen) atoms. The SMILES string of the molecule is O=C(O)CC1COCC(=O)N1C1CCCC1.